The molecule has 2 rings (SSSR count). The van der Waals surface area contributed by atoms with Crippen molar-refractivity contribution in [3.8, 4) is 0 Å². The number of benzene rings is 1. The van der Waals surface area contributed by atoms with Gasteiger partial charge in [-0.1, -0.05) is 31.2 Å². The van der Waals surface area contributed by atoms with Gasteiger partial charge >= 0.3 is 5.97 Å². The quantitative estimate of drug-likeness (QED) is 0.855. The van der Waals surface area contributed by atoms with Gasteiger partial charge in [-0.15, -0.1) is 0 Å². The van der Waals surface area contributed by atoms with Crippen molar-refractivity contribution in [3.05, 3.63) is 35.4 Å². The summed E-state index contributed by atoms with van der Waals surface area (Å²) < 4.78 is 0. The number of aliphatic carboxylic acids is 1. The molecule has 0 saturated carbocycles. The number of aliphatic hydroxyl groups is 1. The lowest BCUT2D eigenvalue weighted by molar-refractivity contribution is -0.148. The van der Waals surface area contributed by atoms with E-state index in [2.05, 4.69) is 6.92 Å². The van der Waals surface area contributed by atoms with E-state index in [9.17, 15) is 14.7 Å². The third kappa shape index (κ3) is 3.82. The molecule has 114 valence electrons. The molecule has 0 spiro atoms. The average Bonchev–Trinajstić information content (AvgIpc) is 2.87. The molecule has 0 unspecified atom stereocenters. The molecule has 1 saturated heterocycles. The highest BCUT2D eigenvalue weighted by molar-refractivity contribution is 5.84. The molecule has 2 N–H and O–H groups in total. The smallest absolute Gasteiger partial charge is 0.326 e. The predicted molar refractivity (Wildman–Crippen MR) is 77.9 cm³/mol. The number of likely N-dealkylation sites (tertiary alicyclic amines) is 1. The maximum absolute atomic E-state index is 12.2. The lowest BCUT2D eigenvalue weighted by Gasteiger charge is -2.21. The number of hydrogen-bond acceptors (Lipinski definition) is 3. The number of aliphatic hydroxyl groups excluding tert-OH is 1. The number of rotatable bonds is 5. The lowest BCUT2D eigenvalue weighted by Crippen LogP contribution is -2.40. The maximum Gasteiger partial charge on any atom is 0.326 e. The first-order valence-electron chi connectivity index (χ1n) is 7.29. The third-order valence-corrected chi connectivity index (χ3v) is 3.94. The van der Waals surface area contributed by atoms with Gasteiger partial charge in [0, 0.05) is 19.4 Å². The zero-order chi connectivity index (χ0) is 15.4. The Bertz CT molecular complexity index is 512. The number of carbonyl (C=O) groups excluding carboxylic acids is 1. The van der Waals surface area contributed by atoms with E-state index < -0.39 is 18.1 Å². The van der Waals surface area contributed by atoms with Gasteiger partial charge in [-0.05, 0) is 24.0 Å². The molecule has 21 heavy (non-hydrogen) atoms. The summed E-state index contributed by atoms with van der Waals surface area (Å²) in [5.41, 5.74) is 2.31. The fourth-order valence-electron chi connectivity index (χ4n) is 2.66. The number of hydrogen-bond donors (Lipinski definition) is 2. The highest BCUT2D eigenvalue weighted by Crippen LogP contribution is 2.20. The zero-order valence-electron chi connectivity index (χ0n) is 12.2. The van der Waals surface area contributed by atoms with Gasteiger partial charge in [-0.2, -0.15) is 0 Å². The second kappa shape index (κ2) is 6.72. The molecule has 1 fully saturated rings. The van der Waals surface area contributed by atoms with Crippen LogP contribution in [0, 0.1) is 0 Å². The van der Waals surface area contributed by atoms with Crippen LogP contribution in [0.1, 0.15) is 30.9 Å². The number of carboxylic acid groups (broad SMARTS) is 1. The summed E-state index contributed by atoms with van der Waals surface area (Å²) in [5.74, 6) is -1.26. The molecule has 1 aromatic rings. The Morgan fingerprint density at radius 3 is 2.43 bits per heavy atom. The van der Waals surface area contributed by atoms with Crippen molar-refractivity contribution in [2.45, 2.75) is 44.8 Å². The first kappa shape index (κ1) is 15.5. The summed E-state index contributed by atoms with van der Waals surface area (Å²) in [6.07, 6.45) is 1.21. The Labute approximate surface area is 124 Å². The Kier molecular flexibility index (Phi) is 4.96. The average molecular weight is 291 g/mol. The Morgan fingerprint density at radius 2 is 1.86 bits per heavy atom. The van der Waals surface area contributed by atoms with E-state index in [1.165, 1.54) is 10.5 Å². The fraction of sp³-hybridized carbons (Fsp3) is 0.500. The highest BCUT2D eigenvalue weighted by Gasteiger charge is 2.38. The molecular formula is C16H21NO4. The van der Waals surface area contributed by atoms with Crippen LogP contribution in [-0.2, 0) is 22.4 Å². The molecule has 1 aliphatic heterocycles. The van der Waals surface area contributed by atoms with Crippen LogP contribution < -0.4 is 0 Å². The van der Waals surface area contributed by atoms with Crippen molar-refractivity contribution in [3.63, 3.8) is 0 Å². The Hall–Kier alpha value is -1.88. The van der Waals surface area contributed by atoms with Crippen molar-refractivity contribution >= 4 is 11.9 Å². The standard InChI is InChI=1S/C16H21NO4/c1-2-11-3-5-12(6-4-11)7-8-15(19)17-10-13(18)9-14(17)16(20)21/h3-6,13-14,18H,2,7-10H2,1H3,(H,20,21)/t13-,14-/m0/s1. The molecule has 1 heterocycles. The second-order valence-electron chi connectivity index (χ2n) is 5.46. The fourth-order valence-corrected chi connectivity index (χ4v) is 2.66. The first-order valence-corrected chi connectivity index (χ1v) is 7.29. The Morgan fingerprint density at radius 1 is 1.24 bits per heavy atom. The summed E-state index contributed by atoms with van der Waals surface area (Å²) in [6.45, 7) is 2.20. The molecule has 2 atom stereocenters. The maximum atomic E-state index is 12.2. The van der Waals surface area contributed by atoms with E-state index in [4.69, 9.17) is 5.11 Å². The second-order valence-corrected chi connectivity index (χ2v) is 5.46. The van der Waals surface area contributed by atoms with Crippen molar-refractivity contribution in [2.24, 2.45) is 0 Å². The van der Waals surface area contributed by atoms with Gasteiger partial charge in [0.25, 0.3) is 0 Å². The summed E-state index contributed by atoms with van der Waals surface area (Å²) in [6, 6.07) is 7.19. The van der Waals surface area contributed by atoms with Crippen LogP contribution in [0.3, 0.4) is 0 Å². The lowest BCUT2D eigenvalue weighted by atomic mass is 10.1. The van der Waals surface area contributed by atoms with Crippen LogP contribution in [0.4, 0.5) is 0 Å². The van der Waals surface area contributed by atoms with Gasteiger partial charge in [-0.25, -0.2) is 4.79 Å². The van der Waals surface area contributed by atoms with E-state index in [0.717, 1.165) is 12.0 Å². The minimum absolute atomic E-state index is 0.116. The van der Waals surface area contributed by atoms with Crippen molar-refractivity contribution in [1.82, 2.24) is 4.90 Å². The van der Waals surface area contributed by atoms with Crippen LogP contribution in [0.15, 0.2) is 24.3 Å². The number of carboxylic acids is 1. The van der Waals surface area contributed by atoms with Gasteiger partial charge < -0.3 is 15.1 Å². The van der Waals surface area contributed by atoms with Gasteiger partial charge in [0.05, 0.1) is 6.10 Å². The molecule has 1 amide bonds. The summed E-state index contributed by atoms with van der Waals surface area (Å²) in [4.78, 5) is 24.5. The number of amides is 1. The molecule has 0 radical (unpaired) electrons. The summed E-state index contributed by atoms with van der Waals surface area (Å²) in [5, 5.41) is 18.6. The van der Waals surface area contributed by atoms with Crippen LogP contribution in [-0.4, -0.2) is 45.7 Å². The number of aryl methyl sites for hydroxylation is 2. The minimum Gasteiger partial charge on any atom is -0.480 e. The molecule has 5 nitrogen and oxygen atoms in total. The zero-order valence-corrected chi connectivity index (χ0v) is 12.2. The van der Waals surface area contributed by atoms with Gasteiger partial charge in [0.2, 0.25) is 5.91 Å². The summed E-state index contributed by atoms with van der Waals surface area (Å²) in [7, 11) is 0. The van der Waals surface area contributed by atoms with Gasteiger partial charge in [0.15, 0.2) is 0 Å². The molecule has 0 aliphatic carbocycles. The van der Waals surface area contributed by atoms with Gasteiger partial charge in [0.1, 0.15) is 6.04 Å². The van der Waals surface area contributed by atoms with Crippen molar-refractivity contribution < 1.29 is 19.8 Å². The van der Waals surface area contributed by atoms with Gasteiger partial charge in [-0.3, -0.25) is 4.79 Å². The van der Waals surface area contributed by atoms with Crippen LogP contribution in [0.25, 0.3) is 0 Å². The molecule has 1 aliphatic rings. The van der Waals surface area contributed by atoms with Crippen LogP contribution in [0.5, 0.6) is 0 Å². The normalized spacial score (nSPS) is 21.5. The SMILES string of the molecule is CCc1ccc(CCC(=O)N2C[C@@H](O)C[C@H]2C(=O)O)cc1. The number of β-amino-alcohol motifs (C(OH)–C–C–N with tert-alkyl or cyclic N) is 1. The topological polar surface area (TPSA) is 77.8 Å². The minimum atomic E-state index is -1.05. The van der Waals surface area contributed by atoms with Crippen molar-refractivity contribution in [1.29, 1.82) is 0 Å². The first-order chi connectivity index (χ1) is 10.0. The molecule has 0 aromatic heterocycles. The predicted octanol–water partition coefficient (Wildman–Crippen LogP) is 1.23. The molecule has 5 heteroatoms. The number of nitrogens with zero attached hydrogens (tertiary/aromatic N) is 1. The monoisotopic (exact) mass is 291 g/mol. The van der Waals surface area contributed by atoms with E-state index in [1.807, 2.05) is 24.3 Å². The third-order valence-electron chi connectivity index (χ3n) is 3.94. The van der Waals surface area contributed by atoms with E-state index in [0.29, 0.717) is 6.42 Å². The Balaban J connectivity index is 1.92. The summed E-state index contributed by atoms with van der Waals surface area (Å²) >= 11 is 0. The highest BCUT2D eigenvalue weighted by atomic mass is 16.4. The molecule has 0 bridgehead atoms. The molecule has 1 aromatic carbocycles. The van der Waals surface area contributed by atoms with E-state index >= 15 is 0 Å². The molecular weight excluding hydrogens is 270 g/mol. The van der Waals surface area contributed by atoms with Crippen LogP contribution in [0.2, 0.25) is 0 Å². The number of carbonyl (C=O) groups is 2. The van der Waals surface area contributed by atoms with E-state index in [1.54, 1.807) is 0 Å². The largest absolute Gasteiger partial charge is 0.480 e. The van der Waals surface area contributed by atoms with Crippen molar-refractivity contribution in [2.75, 3.05) is 6.54 Å². The van der Waals surface area contributed by atoms with Crippen LogP contribution >= 0.6 is 0 Å². The van der Waals surface area contributed by atoms with E-state index in [-0.39, 0.29) is 25.3 Å².